The number of carbonyl (C=O) groups is 1. The second-order valence-electron chi connectivity index (χ2n) is 9.61. The molecule has 0 fully saturated rings. The van der Waals surface area contributed by atoms with Crippen LogP contribution in [0.1, 0.15) is 63.4 Å². The number of nitrogen functional groups attached to an aromatic ring is 1. The number of allylic oxidation sites excluding steroid dienone is 3. The first-order chi connectivity index (χ1) is 15.4. The van der Waals surface area contributed by atoms with Crippen molar-refractivity contribution in [1.29, 1.82) is 0 Å². The van der Waals surface area contributed by atoms with Gasteiger partial charge in [0.1, 0.15) is 5.84 Å². The molecule has 0 radical (unpaired) electrons. The normalized spacial score (nSPS) is 16.9. The second kappa shape index (κ2) is 9.27. The van der Waals surface area contributed by atoms with Crippen molar-refractivity contribution in [3.05, 3.63) is 53.6 Å². The Morgan fingerprint density at radius 3 is 2.39 bits per heavy atom. The van der Waals surface area contributed by atoms with Crippen molar-refractivity contribution in [2.24, 2.45) is 22.1 Å². The topological polar surface area (TPSA) is 145 Å². The van der Waals surface area contributed by atoms with Gasteiger partial charge in [-0.3, -0.25) is 9.48 Å². The third-order valence-corrected chi connectivity index (χ3v) is 6.20. The summed E-state index contributed by atoms with van der Waals surface area (Å²) in [7, 11) is 0. The van der Waals surface area contributed by atoms with Crippen LogP contribution >= 0.6 is 0 Å². The first-order valence-corrected chi connectivity index (χ1v) is 11.0. The molecule has 2 aromatic heterocycles. The van der Waals surface area contributed by atoms with Crippen LogP contribution in [-0.2, 0) is 6.54 Å². The number of nitrogens with zero attached hydrogens (tertiary/aromatic N) is 5. The molecule has 9 nitrogen and oxygen atoms in total. The minimum absolute atomic E-state index is 0.119. The van der Waals surface area contributed by atoms with Crippen molar-refractivity contribution in [2.45, 2.75) is 59.6 Å². The van der Waals surface area contributed by atoms with Gasteiger partial charge in [0, 0.05) is 29.6 Å². The molecular weight excluding hydrogens is 418 g/mol. The van der Waals surface area contributed by atoms with E-state index in [0.29, 0.717) is 5.56 Å². The lowest BCUT2D eigenvalue weighted by molar-refractivity contribution is 0.0576. The van der Waals surface area contributed by atoms with Gasteiger partial charge in [-0.2, -0.15) is 10.1 Å². The molecular formula is C24H33N7O2. The van der Waals surface area contributed by atoms with Crippen molar-refractivity contribution >= 4 is 23.3 Å². The smallest absolute Gasteiger partial charge is 0.281 e. The Kier molecular flexibility index (Phi) is 6.83. The molecule has 1 amide bonds. The van der Waals surface area contributed by atoms with Crippen molar-refractivity contribution in [1.82, 2.24) is 19.7 Å². The second-order valence-corrected chi connectivity index (χ2v) is 9.61. The highest BCUT2D eigenvalue weighted by Crippen LogP contribution is 2.41. The number of hydrogen-bond donors (Lipinski definition) is 3. The number of carbonyl (C=O) groups excluding carboxylic acids is 1. The number of aliphatic imine (C=N–C) groups is 1. The van der Waals surface area contributed by atoms with Gasteiger partial charge >= 0.3 is 0 Å². The molecule has 2 heterocycles. The van der Waals surface area contributed by atoms with Gasteiger partial charge < -0.3 is 16.6 Å². The monoisotopic (exact) mass is 451 g/mol. The Balaban J connectivity index is 1.85. The van der Waals surface area contributed by atoms with Gasteiger partial charge in [0.25, 0.3) is 5.91 Å². The number of nitrogens with two attached hydrogens (primary N) is 2. The zero-order valence-corrected chi connectivity index (χ0v) is 19.9. The van der Waals surface area contributed by atoms with E-state index in [1.54, 1.807) is 32.4 Å². The highest BCUT2D eigenvalue weighted by molar-refractivity contribution is 6.05. The molecule has 1 aliphatic carbocycles. The number of aliphatic hydroxyl groups is 1. The van der Waals surface area contributed by atoms with Crippen LogP contribution in [0.4, 0.5) is 5.95 Å². The average molecular weight is 452 g/mol. The Labute approximate surface area is 194 Å². The third kappa shape index (κ3) is 5.54. The molecule has 1 unspecified atom stereocenters. The molecule has 33 heavy (non-hydrogen) atoms. The fraction of sp³-hybridized carbons (Fsp3) is 0.458. The number of aromatic nitrogens is 4. The zero-order valence-electron chi connectivity index (χ0n) is 19.9. The number of hydrogen-bond acceptors (Lipinski definition) is 6. The molecule has 1 aliphatic rings. The first-order valence-electron chi connectivity index (χ1n) is 11.0. The van der Waals surface area contributed by atoms with Gasteiger partial charge in [0.15, 0.2) is 0 Å². The van der Waals surface area contributed by atoms with E-state index in [2.05, 4.69) is 40.0 Å². The number of amides is 1. The fourth-order valence-electron chi connectivity index (χ4n) is 3.89. The van der Waals surface area contributed by atoms with Crippen molar-refractivity contribution in [3.63, 3.8) is 0 Å². The summed E-state index contributed by atoms with van der Waals surface area (Å²) in [4.78, 5) is 25.2. The summed E-state index contributed by atoms with van der Waals surface area (Å²) < 4.78 is 1.53. The van der Waals surface area contributed by atoms with Crippen LogP contribution in [0, 0.1) is 11.3 Å². The quantitative estimate of drug-likeness (QED) is 0.433. The van der Waals surface area contributed by atoms with E-state index in [1.807, 2.05) is 13.0 Å². The van der Waals surface area contributed by atoms with Crippen LogP contribution in [0.15, 0.2) is 47.5 Å². The maximum atomic E-state index is 12.8. The van der Waals surface area contributed by atoms with E-state index in [-0.39, 0.29) is 24.2 Å². The standard InChI is InChI=1S/C24H33N7O2/c1-15(2)24(5,19-8-6-16(7-9-19)17-10-27-22(26)28-11-17)21(25)30-20(32)18-12-29-31(13-18)14-23(3,4)33/h6,8,10-13,15,33H,7,9,14H2,1-5H3,(H2,25,30,32)(H2,26,27,28). The molecule has 9 heteroatoms. The molecule has 176 valence electrons. The van der Waals surface area contributed by atoms with Gasteiger partial charge in [-0.1, -0.05) is 31.6 Å². The van der Waals surface area contributed by atoms with E-state index in [9.17, 15) is 9.90 Å². The molecule has 0 saturated heterocycles. The van der Waals surface area contributed by atoms with Crippen LogP contribution in [0.25, 0.3) is 5.57 Å². The molecule has 0 bridgehead atoms. The summed E-state index contributed by atoms with van der Waals surface area (Å²) in [5, 5.41) is 14.1. The Morgan fingerprint density at radius 2 is 1.85 bits per heavy atom. The van der Waals surface area contributed by atoms with Crippen LogP contribution in [-0.4, -0.2) is 42.2 Å². The summed E-state index contributed by atoms with van der Waals surface area (Å²) in [5.74, 6) is 0.191. The van der Waals surface area contributed by atoms with Gasteiger partial charge in [-0.15, -0.1) is 0 Å². The molecule has 0 aromatic carbocycles. The third-order valence-electron chi connectivity index (χ3n) is 6.20. The molecule has 5 N–H and O–H groups in total. The van der Waals surface area contributed by atoms with E-state index < -0.39 is 16.9 Å². The molecule has 1 atom stereocenters. The highest BCUT2D eigenvalue weighted by atomic mass is 16.3. The molecule has 0 spiro atoms. The first kappa shape index (κ1) is 24.3. The van der Waals surface area contributed by atoms with Crippen LogP contribution in [0.2, 0.25) is 0 Å². The van der Waals surface area contributed by atoms with Crippen LogP contribution in [0.5, 0.6) is 0 Å². The highest BCUT2D eigenvalue weighted by Gasteiger charge is 2.37. The van der Waals surface area contributed by atoms with Crippen LogP contribution in [0.3, 0.4) is 0 Å². The number of anilines is 1. The molecule has 3 rings (SSSR count). The summed E-state index contributed by atoms with van der Waals surface area (Å²) in [6, 6.07) is 0. The fourth-order valence-corrected chi connectivity index (χ4v) is 3.89. The molecule has 0 aliphatic heterocycles. The van der Waals surface area contributed by atoms with Crippen molar-refractivity contribution in [3.8, 4) is 0 Å². The van der Waals surface area contributed by atoms with Gasteiger partial charge in [-0.05, 0) is 45.1 Å². The van der Waals surface area contributed by atoms with Gasteiger partial charge in [0.2, 0.25) is 5.95 Å². The van der Waals surface area contributed by atoms with Crippen molar-refractivity contribution < 1.29 is 9.90 Å². The maximum absolute atomic E-state index is 12.8. The van der Waals surface area contributed by atoms with Crippen LogP contribution < -0.4 is 11.5 Å². The maximum Gasteiger partial charge on any atom is 0.281 e. The molecule has 2 aromatic rings. The average Bonchev–Trinajstić information content (AvgIpc) is 3.20. The van der Waals surface area contributed by atoms with E-state index in [4.69, 9.17) is 11.5 Å². The molecule has 0 saturated carbocycles. The Hall–Kier alpha value is -3.33. The SMILES string of the molecule is CC(C)C(C)(C1=CC=C(c2cnc(N)nc2)CC1)C(N)=NC(=O)c1cnn(CC(C)(C)O)c1. The van der Waals surface area contributed by atoms with E-state index in [1.165, 1.54) is 10.9 Å². The minimum Gasteiger partial charge on any atom is -0.389 e. The van der Waals surface area contributed by atoms with Gasteiger partial charge in [-0.25, -0.2) is 9.97 Å². The predicted molar refractivity (Wildman–Crippen MR) is 129 cm³/mol. The Bertz CT molecular complexity index is 1100. The number of rotatable bonds is 7. The number of amidine groups is 1. The summed E-state index contributed by atoms with van der Waals surface area (Å²) in [6.07, 6.45) is 12.1. The minimum atomic E-state index is -0.941. The van der Waals surface area contributed by atoms with E-state index >= 15 is 0 Å². The largest absolute Gasteiger partial charge is 0.389 e. The summed E-state index contributed by atoms with van der Waals surface area (Å²) in [5.41, 5.74) is 14.0. The Morgan fingerprint density at radius 1 is 1.18 bits per heavy atom. The van der Waals surface area contributed by atoms with Crippen molar-refractivity contribution in [2.75, 3.05) is 5.73 Å². The lowest BCUT2D eigenvalue weighted by Crippen LogP contribution is -2.41. The lowest BCUT2D eigenvalue weighted by atomic mass is 9.69. The summed E-state index contributed by atoms with van der Waals surface area (Å²) in [6.45, 7) is 9.79. The lowest BCUT2D eigenvalue weighted by Gasteiger charge is -2.37. The summed E-state index contributed by atoms with van der Waals surface area (Å²) >= 11 is 0. The predicted octanol–water partition coefficient (Wildman–Crippen LogP) is 2.99. The van der Waals surface area contributed by atoms with E-state index in [0.717, 1.165) is 29.6 Å². The van der Waals surface area contributed by atoms with Gasteiger partial charge in [0.05, 0.1) is 23.9 Å². The zero-order chi connectivity index (χ0) is 24.4.